The van der Waals surface area contributed by atoms with E-state index in [4.69, 9.17) is 4.42 Å². The van der Waals surface area contributed by atoms with Crippen LogP contribution in [0.2, 0.25) is 0 Å². The van der Waals surface area contributed by atoms with Gasteiger partial charge < -0.3 is 9.73 Å². The number of benzene rings is 3. The summed E-state index contributed by atoms with van der Waals surface area (Å²) in [6, 6.07) is 18.8. The first kappa shape index (κ1) is 17.5. The van der Waals surface area contributed by atoms with Crippen LogP contribution in [0.25, 0.3) is 22.6 Å². The highest BCUT2D eigenvalue weighted by molar-refractivity contribution is 9.10. The van der Waals surface area contributed by atoms with Gasteiger partial charge in [-0.2, -0.15) is 0 Å². The van der Waals surface area contributed by atoms with Crippen LogP contribution in [0.4, 0.5) is 5.69 Å². The summed E-state index contributed by atoms with van der Waals surface area (Å²) in [4.78, 5) is 16.9. The summed E-state index contributed by atoms with van der Waals surface area (Å²) in [6.45, 7) is 4.06. The van der Waals surface area contributed by atoms with Gasteiger partial charge >= 0.3 is 0 Å². The first-order chi connectivity index (χ1) is 13.0. The minimum Gasteiger partial charge on any atom is -0.436 e. The first-order valence-electron chi connectivity index (χ1n) is 8.55. The molecule has 0 aliphatic rings. The predicted molar refractivity (Wildman–Crippen MR) is 111 cm³/mol. The Labute approximate surface area is 165 Å². The van der Waals surface area contributed by atoms with Gasteiger partial charge in [-0.3, -0.25) is 4.79 Å². The molecule has 0 bridgehead atoms. The molecule has 27 heavy (non-hydrogen) atoms. The van der Waals surface area contributed by atoms with Crippen molar-refractivity contribution in [3.63, 3.8) is 0 Å². The molecule has 0 aliphatic carbocycles. The number of hydrogen-bond acceptors (Lipinski definition) is 3. The van der Waals surface area contributed by atoms with Crippen LogP contribution in [0.3, 0.4) is 0 Å². The Morgan fingerprint density at radius 2 is 1.70 bits per heavy atom. The molecule has 0 atom stereocenters. The molecule has 0 saturated carbocycles. The quantitative estimate of drug-likeness (QED) is 0.433. The van der Waals surface area contributed by atoms with Gasteiger partial charge in [-0.05, 0) is 79.6 Å². The highest BCUT2D eigenvalue weighted by Crippen LogP contribution is 2.28. The Bertz CT molecular complexity index is 1130. The van der Waals surface area contributed by atoms with E-state index in [0.29, 0.717) is 11.5 Å². The molecular weight excluding hydrogens is 404 g/mol. The van der Waals surface area contributed by atoms with Gasteiger partial charge in [0, 0.05) is 21.3 Å². The van der Waals surface area contributed by atoms with Gasteiger partial charge in [-0.1, -0.05) is 22.0 Å². The number of oxazole rings is 1. The van der Waals surface area contributed by atoms with Crippen molar-refractivity contribution in [3.8, 4) is 11.5 Å². The first-order valence-corrected chi connectivity index (χ1v) is 9.34. The number of aromatic nitrogens is 1. The van der Waals surface area contributed by atoms with Gasteiger partial charge in [0.1, 0.15) is 5.52 Å². The topological polar surface area (TPSA) is 55.1 Å². The molecule has 0 spiro atoms. The maximum Gasteiger partial charge on any atom is 0.255 e. The molecule has 3 aromatic carbocycles. The second-order valence-electron chi connectivity index (χ2n) is 6.49. The molecule has 1 aromatic heterocycles. The molecular formula is C22H17BrN2O2. The number of anilines is 1. The summed E-state index contributed by atoms with van der Waals surface area (Å²) in [5, 5.41) is 2.89. The molecule has 4 aromatic rings. The Morgan fingerprint density at radius 3 is 2.41 bits per heavy atom. The van der Waals surface area contributed by atoms with Gasteiger partial charge in [0.25, 0.3) is 5.91 Å². The fourth-order valence-corrected chi connectivity index (χ4v) is 3.27. The number of nitrogens with zero attached hydrogens (tertiary/aromatic N) is 1. The number of fused-ring (bicyclic) bond motifs is 1. The van der Waals surface area contributed by atoms with Crippen LogP contribution in [0, 0.1) is 13.8 Å². The number of carbonyl (C=O) groups excluding carboxylic acids is 1. The summed E-state index contributed by atoms with van der Waals surface area (Å²) in [5.41, 5.74) is 6.08. The molecule has 1 N–H and O–H groups in total. The molecule has 4 nitrogen and oxygen atoms in total. The van der Waals surface area contributed by atoms with Gasteiger partial charge in [0.15, 0.2) is 5.58 Å². The second-order valence-corrected chi connectivity index (χ2v) is 7.40. The predicted octanol–water partition coefficient (Wildman–Crippen LogP) is 6.13. The molecule has 0 unspecified atom stereocenters. The van der Waals surface area contributed by atoms with E-state index in [1.807, 2.05) is 56.3 Å². The Balaban J connectivity index is 1.56. The van der Waals surface area contributed by atoms with Crippen molar-refractivity contribution < 1.29 is 9.21 Å². The third kappa shape index (κ3) is 3.64. The lowest BCUT2D eigenvalue weighted by molar-refractivity contribution is 0.102. The van der Waals surface area contributed by atoms with Gasteiger partial charge in [0.05, 0.1) is 0 Å². The summed E-state index contributed by atoms with van der Waals surface area (Å²) in [5.74, 6) is 0.424. The van der Waals surface area contributed by atoms with E-state index in [0.717, 1.165) is 38.0 Å². The minimum atomic E-state index is -0.150. The second kappa shape index (κ2) is 7.00. The molecule has 1 amide bonds. The molecule has 4 rings (SSSR count). The Kier molecular flexibility index (Phi) is 4.54. The van der Waals surface area contributed by atoms with E-state index in [-0.39, 0.29) is 5.91 Å². The SMILES string of the molecule is Cc1cc(C)c2oc(-c3ccc(NC(=O)c4ccc(Br)cc4)cc3)nc2c1. The van der Waals surface area contributed by atoms with Crippen LogP contribution in [-0.4, -0.2) is 10.9 Å². The lowest BCUT2D eigenvalue weighted by atomic mass is 10.1. The number of aryl methyl sites for hydroxylation is 2. The number of rotatable bonds is 3. The van der Waals surface area contributed by atoms with E-state index in [2.05, 4.69) is 32.3 Å². The van der Waals surface area contributed by atoms with Crippen molar-refractivity contribution in [2.45, 2.75) is 13.8 Å². The van der Waals surface area contributed by atoms with Gasteiger partial charge in [-0.25, -0.2) is 4.98 Å². The van der Waals surface area contributed by atoms with Gasteiger partial charge in [-0.15, -0.1) is 0 Å². The number of hydrogen-bond donors (Lipinski definition) is 1. The molecule has 5 heteroatoms. The van der Waals surface area contributed by atoms with Crippen molar-refractivity contribution in [3.05, 3.63) is 81.8 Å². The number of halogens is 1. The number of amides is 1. The maximum atomic E-state index is 12.3. The minimum absolute atomic E-state index is 0.150. The summed E-state index contributed by atoms with van der Waals surface area (Å²) >= 11 is 3.37. The van der Waals surface area contributed by atoms with E-state index >= 15 is 0 Å². The molecule has 1 heterocycles. The van der Waals surface area contributed by atoms with Gasteiger partial charge in [0.2, 0.25) is 5.89 Å². The third-order valence-electron chi connectivity index (χ3n) is 4.32. The zero-order valence-electron chi connectivity index (χ0n) is 14.9. The van der Waals surface area contributed by atoms with Crippen LogP contribution >= 0.6 is 15.9 Å². The van der Waals surface area contributed by atoms with Crippen molar-refractivity contribution in [2.24, 2.45) is 0 Å². The lowest BCUT2D eigenvalue weighted by Gasteiger charge is -2.06. The van der Waals surface area contributed by atoms with Crippen LogP contribution in [0.15, 0.2) is 69.6 Å². The molecule has 134 valence electrons. The van der Waals surface area contributed by atoms with Crippen molar-refractivity contribution in [1.29, 1.82) is 0 Å². The fourth-order valence-electron chi connectivity index (χ4n) is 3.00. The number of nitrogens with one attached hydrogen (secondary N) is 1. The van der Waals surface area contributed by atoms with Crippen molar-refractivity contribution in [1.82, 2.24) is 4.98 Å². The zero-order chi connectivity index (χ0) is 19.0. The molecule has 0 radical (unpaired) electrons. The standard InChI is InChI=1S/C22H17BrN2O2/c1-13-11-14(2)20-19(12-13)25-22(27-20)16-5-9-18(10-6-16)24-21(26)15-3-7-17(23)8-4-15/h3-12H,1-2H3,(H,24,26). The third-order valence-corrected chi connectivity index (χ3v) is 4.84. The highest BCUT2D eigenvalue weighted by atomic mass is 79.9. The lowest BCUT2D eigenvalue weighted by Crippen LogP contribution is -2.11. The molecule has 0 saturated heterocycles. The zero-order valence-corrected chi connectivity index (χ0v) is 16.5. The van der Waals surface area contributed by atoms with E-state index in [9.17, 15) is 4.79 Å². The molecule has 0 aliphatic heterocycles. The van der Waals surface area contributed by atoms with Crippen LogP contribution in [0.1, 0.15) is 21.5 Å². The van der Waals surface area contributed by atoms with Crippen LogP contribution < -0.4 is 5.32 Å². The van der Waals surface area contributed by atoms with Crippen LogP contribution in [-0.2, 0) is 0 Å². The molecule has 0 fully saturated rings. The van der Waals surface area contributed by atoms with Crippen LogP contribution in [0.5, 0.6) is 0 Å². The average molecular weight is 421 g/mol. The van der Waals surface area contributed by atoms with Crippen molar-refractivity contribution >= 4 is 38.6 Å². The largest absolute Gasteiger partial charge is 0.436 e. The van der Waals surface area contributed by atoms with E-state index in [1.54, 1.807) is 12.1 Å². The maximum absolute atomic E-state index is 12.3. The monoisotopic (exact) mass is 420 g/mol. The summed E-state index contributed by atoms with van der Waals surface area (Å²) in [6.07, 6.45) is 0. The smallest absolute Gasteiger partial charge is 0.255 e. The normalized spacial score (nSPS) is 10.9. The Hall–Kier alpha value is -2.92. The number of carbonyl (C=O) groups is 1. The average Bonchev–Trinajstić information content (AvgIpc) is 3.07. The summed E-state index contributed by atoms with van der Waals surface area (Å²) in [7, 11) is 0. The highest BCUT2D eigenvalue weighted by Gasteiger charge is 2.11. The Morgan fingerprint density at radius 1 is 1.00 bits per heavy atom. The summed E-state index contributed by atoms with van der Waals surface area (Å²) < 4.78 is 6.88. The van der Waals surface area contributed by atoms with Crippen molar-refractivity contribution in [2.75, 3.05) is 5.32 Å². The van der Waals surface area contributed by atoms with E-state index in [1.165, 1.54) is 0 Å². The fraction of sp³-hybridized carbons (Fsp3) is 0.0909. The van der Waals surface area contributed by atoms with E-state index < -0.39 is 0 Å².